The van der Waals surface area contributed by atoms with Crippen molar-refractivity contribution in [1.82, 2.24) is 9.97 Å². The van der Waals surface area contributed by atoms with E-state index < -0.39 is 42.8 Å². The van der Waals surface area contributed by atoms with E-state index in [4.69, 9.17) is 0 Å². The number of benzene rings is 1. The molecule has 2 nitrogen and oxygen atoms in total. The van der Waals surface area contributed by atoms with Crippen molar-refractivity contribution in [1.29, 1.82) is 0 Å². The van der Waals surface area contributed by atoms with E-state index in [0.29, 0.717) is 0 Å². The highest BCUT2D eigenvalue weighted by Crippen LogP contribution is 2.30. The summed E-state index contributed by atoms with van der Waals surface area (Å²) in [6.07, 6.45) is -4.76. The molecule has 0 aliphatic rings. The second kappa shape index (κ2) is 4.84. The van der Waals surface area contributed by atoms with Crippen molar-refractivity contribution >= 4 is 19.1 Å². The third-order valence-electron chi connectivity index (χ3n) is 2.50. The summed E-state index contributed by atoms with van der Waals surface area (Å²) in [6, 6.07) is 0.773. The summed E-state index contributed by atoms with van der Waals surface area (Å²) in [4.78, 5) is 5.01. The number of nitrogens with zero attached hydrogens (tertiary/aromatic N) is 1. The standard InChI is InChI=1S/C13H11F5N2Si/c1-21(2,3)5-4-7-8(14)6-9-11(10(7)15)20-12(19-9)13(16,17)18/h6H,1-3H3,(H,19,20). The molecule has 1 aromatic carbocycles. The topological polar surface area (TPSA) is 28.7 Å². The van der Waals surface area contributed by atoms with Crippen molar-refractivity contribution in [2.24, 2.45) is 0 Å². The number of hydrogen-bond donors (Lipinski definition) is 1. The number of alkyl halides is 3. The molecule has 0 bridgehead atoms. The van der Waals surface area contributed by atoms with Crippen LogP contribution in [0.1, 0.15) is 11.4 Å². The lowest BCUT2D eigenvalue weighted by molar-refractivity contribution is -0.144. The lowest BCUT2D eigenvalue weighted by atomic mass is 10.2. The van der Waals surface area contributed by atoms with E-state index in [1.54, 1.807) is 0 Å². The van der Waals surface area contributed by atoms with Gasteiger partial charge in [-0.3, -0.25) is 0 Å². The van der Waals surface area contributed by atoms with Crippen molar-refractivity contribution in [3.8, 4) is 11.5 Å². The predicted octanol–water partition coefficient (Wildman–Crippen LogP) is 4.09. The largest absolute Gasteiger partial charge is 0.449 e. The van der Waals surface area contributed by atoms with Crippen molar-refractivity contribution in [2.45, 2.75) is 25.8 Å². The van der Waals surface area contributed by atoms with E-state index in [1.165, 1.54) is 0 Å². The molecule has 0 atom stereocenters. The van der Waals surface area contributed by atoms with Gasteiger partial charge in [-0.15, -0.1) is 5.54 Å². The third-order valence-corrected chi connectivity index (χ3v) is 3.38. The quantitative estimate of drug-likeness (QED) is 0.442. The van der Waals surface area contributed by atoms with Gasteiger partial charge in [0.25, 0.3) is 0 Å². The second-order valence-electron chi connectivity index (χ2n) is 5.53. The fraction of sp³-hybridized carbons (Fsp3) is 0.308. The summed E-state index contributed by atoms with van der Waals surface area (Å²) >= 11 is 0. The van der Waals surface area contributed by atoms with Crippen molar-refractivity contribution in [2.75, 3.05) is 0 Å². The molecule has 112 valence electrons. The van der Waals surface area contributed by atoms with Crippen LogP contribution in [0.3, 0.4) is 0 Å². The molecule has 0 radical (unpaired) electrons. The molecule has 0 aliphatic heterocycles. The van der Waals surface area contributed by atoms with Crippen LogP contribution in [0.15, 0.2) is 6.07 Å². The fourth-order valence-electron chi connectivity index (χ4n) is 1.58. The van der Waals surface area contributed by atoms with Gasteiger partial charge in [-0.1, -0.05) is 25.6 Å². The molecule has 0 aliphatic carbocycles. The number of imidazole rings is 1. The van der Waals surface area contributed by atoms with E-state index in [0.717, 1.165) is 6.07 Å². The third kappa shape index (κ3) is 3.24. The minimum absolute atomic E-state index is 0.351. The second-order valence-corrected chi connectivity index (χ2v) is 10.3. The minimum atomic E-state index is -4.76. The van der Waals surface area contributed by atoms with E-state index in [2.05, 4.69) is 16.4 Å². The normalized spacial score (nSPS) is 12.4. The molecule has 1 heterocycles. The molecule has 21 heavy (non-hydrogen) atoms. The molecule has 0 saturated heterocycles. The van der Waals surface area contributed by atoms with Gasteiger partial charge in [0.1, 0.15) is 19.4 Å². The summed E-state index contributed by atoms with van der Waals surface area (Å²) in [5, 5.41) is 0. The van der Waals surface area contributed by atoms with E-state index in [1.807, 2.05) is 24.6 Å². The molecular formula is C13H11F5N2Si. The lowest BCUT2D eigenvalue weighted by Gasteiger charge is -2.04. The molecule has 0 unspecified atom stereocenters. The lowest BCUT2D eigenvalue weighted by Crippen LogP contribution is -2.16. The van der Waals surface area contributed by atoms with Crippen LogP contribution in [0.25, 0.3) is 11.0 Å². The smallest absolute Gasteiger partial charge is 0.334 e. The zero-order valence-electron chi connectivity index (χ0n) is 11.4. The first kappa shape index (κ1) is 15.5. The zero-order valence-corrected chi connectivity index (χ0v) is 12.4. The fourth-order valence-corrected chi connectivity index (χ4v) is 2.08. The number of nitrogens with one attached hydrogen (secondary N) is 1. The number of rotatable bonds is 0. The average Bonchev–Trinajstić information content (AvgIpc) is 2.70. The molecule has 0 fully saturated rings. The highest BCUT2D eigenvalue weighted by atomic mass is 28.3. The van der Waals surface area contributed by atoms with Crippen molar-refractivity contribution < 1.29 is 22.0 Å². The van der Waals surface area contributed by atoms with Crippen LogP contribution in [0.5, 0.6) is 0 Å². The van der Waals surface area contributed by atoms with Crippen LogP contribution < -0.4 is 0 Å². The van der Waals surface area contributed by atoms with Crippen LogP contribution in [0.2, 0.25) is 19.6 Å². The summed E-state index contributed by atoms with van der Waals surface area (Å²) in [6.45, 7) is 5.64. The zero-order chi connectivity index (χ0) is 16.0. The Kier molecular flexibility index (Phi) is 3.57. The molecular weight excluding hydrogens is 307 g/mol. The van der Waals surface area contributed by atoms with Crippen LogP contribution in [-0.2, 0) is 6.18 Å². The summed E-state index contributed by atoms with van der Waals surface area (Å²) in [5.41, 5.74) is 1.30. The number of aromatic nitrogens is 2. The summed E-state index contributed by atoms with van der Waals surface area (Å²) in [7, 11) is -1.88. The Hall–Kier alpha value is -1.88. The Labute approximate surface area is 118 Å². The molecule has 0 saturated carbocycles. The van der Waals surface area contributed by atoms with Crippen LogP contribution >= 0.6 is 0 Å². The first-order valence-electron chi connectivity index (χ1n) is 5.97. The Morgan fingerprint density at radius 2 is 1.81 bits per heavy atom. The Bertz CT molecular complexity index is 759. The van der Waals surface area contributed by atoms with Gasteiger partial charge in [0.2, 0.25) is 5.82 Å². The number of aromatic amines is 1. The minimum Gasteiger partial charge on any atom is -0.334 e. The molecule has 8 heteroatoms. The molecule has 1 N–H and O–H groups in total. The average molecular weight is 318 g/mol. The van der Waals surface area contributed by atoms with Crippen molar-refractivity contribution in [3.05, 3.63) is 29.1 Å². The highest BCUT2D eigenvalue weighted by Gasteiger charge is 2.35. The molecule has 2 aromatic rings. The van der Waals surface area contributed by atoms with Gasteiger partial charge < -0.3 is 4.98 Å². The summed E-state index contributed by atoms with van der Waals surface area (Å²) < 4.78 is 65.5. The van der Waals surface area contributed by atoms with E-state index >= 15 is 0 Å². The maximum atomic E-state index is 14.1. The molecule has 1 aromatic heterocycles. The Morgan fingerprint density at radius 3 is 2.33 bits per heavy atom. The predicted molar refractivity (Wildman–Crippen MR) is 71.2 cm³/mol. The molecule has 0 spiro atoms. The number of hydrogen-bond acceptors (Lipinski definition) is 1. The maximum absolute atomic E-state index is 14.1. The Balaban J connectivity index is 2.67. The first-order valence-corrected chi connectivity index (χ1v) is 9.47. The first-order chi connectivity index (χ1) is 9.49. The highest BCUT2D eigenvalue weighted by molar-refractivity contribution is 6.83. The van der Waals surface area contributed by atoms with Crippen LogP contribution in [-0.4, -0.2) is 18.0 Å². The van der Waals surface area contributed by atoms with Gasteiger partial charge in [-0.05, 0) is 0 Å². The SMILES string of the molecule is C[Si](C)(C)C#Cc1c(F)cc2[nH]c(C(F)(F)F)nc2c1F. The summed E-state index contributed by atoms with van der Waals surface area (Å²) in [5.74, 6) is -1.17. The molecule has 2 rings (SSSR count). The maximum Gasteiger partial charge on any atom is 0.449 e. The van der Waals surface area contributed by atoms with Gasteiger partial charge >= 0.3 is 6.18 Å². The van der Waals surface area contributed by atoms with Gasteiger partial charge in [-0.2, -0.15) is 13.2 Å². The number of fused-ring (bicyclic) bond motifs is 1. The monoisotopic (exact) mass is 318 g/mol. The van der Waals surface area contributed by atoms with Gasteiger partial charge in [0.15, 0.2) is 5.82 Å². The van der Waals surface area contributed by atoms with Gasteiger partial charge in [0.05, 0.1) is 11.1 Å². The van der Waals surface area contributed by atoms with Gasteiger partial charge in [0, 0.05) is 6.07 Å². The van der Waals surface area contributed by atoms with E-state index in [-0.39, 0.29) is 5.52 Å². The van der Waals surface area contributed by atoms with Crippen molar-refractivity contribution in [3.63, 3.8) is 0 Å². The molecule has 0 amide bonds. The van der Waals surface area contributed by atoms with Crippen LogP contribution in [0, 0.1) is 23.1 Å². The van der Waals surface area contributed by atoms with Crippen LogP contribution in [0.4, 0.5) is 22.0 Å². The van der Waals surface area contributed by atoms with E-state index in [9.17, 15) is 22.0 Å². The Morgan fingerprint density at radius 1 is 1.19 bits per heavy atom. The van der Waals surface area contributed by atoms with Gasteiger partial charge in [-0.25, -0.2) is 13.8 Å². The number of halogens is 5. The number of H-pyrrole nitrogens is 1.